The molecule has 3 rings (SSSR count). The van der Waals surface area contributed by atoms with E-state index in [9.17, 15) is 19.7 Å². The number of para-hydroxylation sites is 1. The summed E-state index contributed by atoms with van der Waals surface area (Å²) in [6.07, 6.45) is 3.09. The van der Waals surface area contributed by atoms with Gasteiger partial charge < -0.3 is 19.3 Å². The molecule has 164 valence electrons. The van der Waals surface area contributed by atoms with Crippen molar-refractivity contribution < 1.29 is 28.5 Å². The number of rotatable bonds is 8. The maximum atomic E-state index is 12.2. The van der Waals surface area contributed by atoms with E-state index in [1.807, 2.05) is 0 Å². The summed E-state index contributed by atoms with van der Waals surface area (Å²) in [6.45, 7) is 1.23. The first kappa shape index (κ1) is 22.2. The molecule has 1 N–H and O–H groups in total. The second-order valence-electron chi connectivity index (χ2n) is 6.51. The van der Waals surface area contributed by atoms with Crippen LogP contribution in [0, 0.1) is 17.0 Å². The molecule has 32 heavy (non-hydrogen) atoms. The SMILES string of the molecule is COC(=O)c1ccccc1NC(=O)COc1ccc(/C=C/c2onc(C)c2[N+](=O)[O-])cc1. The fourth-order valence-corrected chi connectivity index (χ4v) is 2.78. The van der Waals surface area contributed by atoms with Crippen molar-refractivity contribution in [1.29, 1.82) is 0 Å². The van der Waals surface area contributed by atoms with Crippen molar-refractivity contribution in [3.8, 4) is 5.75 Å². The van der Waals surface area contributed by atoms with Gasteiger partial charge in [0.25, 0.3) is 5.91 Å². The molecule has 1 aromatic heterocycles. The Labute approximate surface area is 182 Å². The van der Waals surface area contributed by atoms with Crippen molar-refractivity contribution in [3.05, 3.63) is 81.2 Å². The van der Waals surface area contributed by atoms with Crippen LogP contribution in [0.3, 0.4) is 0 Å². The van der Waals surface area contributed by atoms with E-state index in [1.54, 1.807) is 54.6 Å². The van der Waals surface area contributed by atoms with Crippen LogP contribution in [0.2, 0.25) is 0 Å². The molecule has 0 unspecified atom stereocenters. The lowest BCUT2D eigenvalue weighted by Gasteiger charge is -2.10. The molecule has 0 aliphatic heterocycles. The number of benzene rings is 2. The number of amides is 1. The number of aromatic nitrogens is 1. The highest BCUT2D eigenvalue weighted by Crippen LogP contribution is 2.25. The van der Waals surface area contributed by atoms with Gasteiger partial charge in [0.2, 0.25) is 5.76 Å². The number of methoxy groups -OCH3 is 1. The van der Waals surface area contributed by atoms with Gasteiger partial charge in [0.15, 0.2) is 12.3 Å². The molecule has 10 heteroatoms. The van der Waals surface area contributed by atoms with Crippen LogP contribution < -0.4 is 10.1 Å². The number of esters is 1. The molecule has 1 heterocycles. The van der Waals surface area contributed by atoms with E-state index in [1.165, 1.54) is 20.1 Å². The van der Waals surface area contributed by atoms with Crippen molar-refractivity contribution in [3.63, 3.8) is 0 Å². The summed E-state index contributed by atoms with van der Waals surface area (Å²) < 4.78 is 15.1. The molecule has 0 aliphatic rings. The molecule has 0 bridgehead atoms. The quantitative estimate of drug-likeness (QED) is 0.319. The van der Waals surface area contributed by atoms with E-state index >= 15 is 0 Å². The van der Waals surface area contributed by atoms with E-state index in [0.29, 0.717) is 11.4 Å². The minimum absolute atomic E-state index is 0.0525. The Morgan fingerprint density at radius 1 is 1.16 bits per heavy atom. The number of aryl methyl sites for hydroxylation is 1. The van der Waals surface area contributed by atoms with Gasteiger partial charge in [-0.3, -0.25) is 14.9 Å². The first-order valence-corrected chi connectivity index (χ1v) is 9.38. The zero-order valence-corrected chi connectivity index (χ0v) is 17.2. The van der Waals surface area contributed by atoms with Crippen LogP contribution in [0.15, 0.2) is 53.1 Å². The molecule has 0 atom stereocenters. The number of hydrogen-bond donors (Lipinski definition) is 1. The number of ether oxygens (including phenoxy) is 2. The van der Waals surface area contributed by atoms with Gasteiger partial charge in [-0.25, -0.2) is 4.79 Å². The summed E-state index contributed by atoms with van der Waals surface area (Å²) in [7, 11) is 1.26. The number of nitrogens with zero attached hydrogens (tertiary/aromatic N) is 2. The van der Waals surface area contributed by atoms with Gasteiger partial charge in [0.1, 0.15) is 5.75 Å². The summed E-state index contributed by atoms with van der Waals surface area (Å²) in [5, 5.41) is 17.3. The standard InChI is InChI=1S/C22H19N3O7/c1-14-21(25(28)29)19(32-24-14)12-9-15-7-10-16(11-8-15)31-13-20(26)23-18-6-4-3-5-17(18)22(27)30-2/h3-12H,13H2,1-2H3,(H,23,26)/b12-9+. The number of anilines is 1. The predicted octanol–water partition coefficient (Wildman–Crippen LogP) is 3.87. The Kier molecular flexibility index (Phi) is 6.96. The van der Waals surface area contributed by atoms with E-state index in [0.717, 1.165) is 5.56 Å². The van der Waals surface area contributed by atoms with Gasteiger partial charge in [0.05, 0.1) is 23.3 Å². The number of carbonyl (C=O) groups is 2. The third kappa shape index (κ3) is 5.36. The molecule has 1 amide bonds. The molecule has 2 aromatic carbocycles. The highest BCUT2D eigenvalue weighted by atomic mass is 16.6. The number of hydrogen-bond acceptors (Lipinski definition) is 8. The van der Waals surface area contributed by atoms with E-state index < -0.39 is 16.8 Å². The molecule has 0 spiro atoms. The summed E-state index contributed by atoms with van der Waals surface area (Å²) in [5.41, 5.74) is 1.32. The summed E-state index contributed by atoms with van der Waals surface area (Å²) in [6, 6.07) is 13.2. The molecule has 0 saturated heterocycles. The highest BCUT2D eigenvalue weighted by molar-refractivity contribution is 6.01. The van der Waals surface area contributed by atoms with Crippen LogP contribution >= 0.6 is 0 Å². The summed E-state index contributed by atoms with van der Waals surface area (Å²) in [5.74, 6) is -0.508. The van der Waals surface area contributed by atoms with Gasteiger partial charge in [0, 0.05) is 0 Å². The van der Waals surface area contributed by atoms with Crippen LogP contribution in [-0.4, -0.2) is 35.7 Å². The monoisotopic (exact) mass is 437 g/mol. The first-order valence-electron chi connectivity index (χ1n) is 9.38. The van der Waals surface area contributed by atoms with Crippen LogP contribution in [0.4, 0.5) is 11.4 Å². The van der Waals surface area contributed by atoms with Gasteiger partial charge in [-0.1, -0.05) is 35.5 Å². The first-order chi connectivity index (χ1) is 15.4. The summed E-state index contributed by atoms with van der Waals surface area (Å²) in [4.78, 5) is 34.5. The normalized spacial score (nSPS) is 10.7. The largest absolute Gasteiger partial charge is 0.484 e. The third-order valence-electron chi connectivity index (χ3n) is 4.32. The van der Waals surface area contributed by atoms with Crippen molar-refractivity contribution in [2.24, 2.45) is 0 Å². The lowest BCUT2D eigenvalue weighted by atomic mass is 10.2. The molecular weight excluding hydrogens is 418 g/mol. The second-order valence-corrected chi connectivity index (χ2v) is 6.51. The Bertz CT molecular complexity index is 1170. The highest BCUT2D eigenvalue weighted by Gasteiger charge is 2.21. The zero-order valence-electron chi connectivity index (χ0n) is 17.2. The third-order valence-corrected chi connectivity index (χ3v) is 4.32. The van der Waals surface area contributed by atoms with Gasteiger partial charge in [-0.05, 0) is 42.8 Å². The van der Waals surface area contributed by atoms with Crippen LogP contribution in [0.25, 0.3) is 12.2 Å². The van der Waals surface area contributed by atoms with Gasteiger partial charge >= 0.3 is 11.7 Å². The Hall–Kier alpha value is -4.47. The number of carbonyl (C=O) groups excluding carboxylic acids is 2. The molecule has 0 radical (unpaired) electrons. The maximum Gasteiger partial charge on any atom is 0.339 e. The Morgan fingerprint density at radius 2 is 1.88 bits per heavy atom. The minimum atomic E-state index is -0.559. The van der Waals surface area contributed by atoms with Crippen molar-refractivity contribution in [2.45, 2.75) is 6.92 Å². The van der Waals surface area contributed by atoms with E-state index in [4.69, 9.17) is 14.0 Å². The smallest absolute Gasteiger partial charge is 0.339 e. The minimum Gasteiger partial charge on any atom is -0.484 e. The molecule has 0 fully saturated rings. The van der Waals surface area contributed by atoms with Crippen LogP contribution in [0.5, 0.6) is 5.75 Å². The van der Waals surface area contributed by atoms with Crippen molar-refractivity contribution in [1.82, 2.24) is 5.16 Å². The lowest BCUT2D eigenvalue weighted by molar-refractivity contribution is -0.386. The van der Waals surface area contributed by atoms with Crippen LogP contribution in [0.1, 0.15) is 27.4 Å². The summed E-state index contributed by atoms with van der Waals surface area (Å²) >= 11 is 0. The van der Waals surface area contributed by atoms with Crippen molar-refractivity contribution >= 4 is 35.4 Å². The van der Waals surface area contributed by atoms with E-state index in [-0.39, 0.29) is 29.3 Å². The average Bonchev–Trinajstić information content (AvgIpc) is 3.17. The zero-order chi connectivity index (χ0) is 23.1. The molecule has 3 aromatic rings. The predicted molar refractivity (Wildman–Crippen MR) is 115 cm³/mol. The van der Waals surface area contributed by atoms with Crippen LogP contribution in [-0.2, 0) is 9.53 Å². The fourth-order valence-electron chi connectivity index (χ4n) is 2.78. The molecule has 10 nitrogen and oxygen atoms in total. The Balaban J connectivity index is 1.58. The fraction of sp³-hybridized carbons (Fsp3) is 0.136. The number of nitro groups is 1. The molecule has 0 aliphatic carbocycles. The average molecular weight is 437 g/mol. The van der Waals surface area contributed by atoms with Gasteiger partial charge in [-0.15, -0.1) is 0 Å². The molecule has 0 saturated carbocycles. The van der Waals surface area contributed by atoms with E-state index in [2.05, 4.69) is 10.5 Å². The Morgan fingerprint density at radius 3 is 2.56 bits per heavy atom. The lowest BCUT2D eigenvalue weighted by Crippen LogP contribution is -2.21. The number of nitrogens with one attached hydrogen (secondary N) is 1. The maximum absolute atomic E-state index is 12.2. The topological polar surface area (TPSA) is 134 Å². The van der Waals surface area contributed by atoms with Crippen molar-refractivity contribution in [2.75, 3.05) is 19.0 Å². The second kappa shape index (κ2) is 10.0. The van der Waals surface area contributed by atoms with Gasteiger partial charge in [-0.2, -0.15) is 0 Å². The molecular formula is C22H19N3O7.